The van der Waals surface area contributed by atoms with Crippen LogP contribution in [0.1, 0.15) is 72.1 Å². The smallest absolute Gasteiger partial charge is 0.0257 e. The van der Waals surface area contributed by atoms with Crippen LogP contribution in [0.3, 0.4) is 0 Å². The standard InChI is InChI=1S/C16H28/c1-13(2)15-12-16(15,3)11-10-14-8-6-4-5-7-9-14/h10,13,15H,4-9,11-12H2,1-3H3. The third kappa shape index (κ3) is 2.90. The fourth-order valence-corrected chi connectivity index (χ4v) is 3.48. The Morgan fingerprint density at radius 1 is 1.19 bits per heavy atom. The molecule has 2 aliphatic rings. The van der Waals surface area contributed by atoms with Crippen LogP contribution in [0.5, 0.6) is 0 Å². The molecule has 0 aromatic carbocycles. The van der Waals surface area contributed by atoms with Crippen molar-refractivity contribution in [3.63, 3.8) is 0 Å². The van der Waals surface area contributed by atoms with Crippen LogP contribution in [0.4, 0.5) is 0 Å². The Hall–Kier alpha value is -0.260. The van der Waals surface area contributed by atoms with Gasteiger partial charge in [0, 0.05) is 0 Å². The van der Waals surface area contributed by atoms with Crippen LogP contribution in [0, 0.1) is 17.3 Å². The van der Waals surface area contributed by atoms with Gasteiger partial charge in [-0.15, -0.1) is 0 Å². The molecule has 0 nitrogen and oxygen atoms in total. The predicted octanol–water partition coefficient (Wildman–Crippen LogP) is 5.34. The summed E-state index contributed by atoms with van der Waals surface area (Å²) in [6, 6.07) is 0. The van der Waals surface area contributed by atoms with E-state index < -0.39 is 0 Å². The molecule has 2 saturated carbocycles. The quantitative estimate of drug-likeness (QED) is 0.445. The van der Waals surface area contributed by atoms with E-state index in [1.165, 1.54) is 51.4 Å². The normalized spacial score (nSPS) is 35.0. The highest BCUT2D eigenvalue weighted by molar-refractivity contribution is 5.10. The molecule has 0 aliphatic heterocycles. The topological polar surface area (TPSA) is 0 Å². The van der Waals surface area contributed by atoms with Crippen molar-refractivity contribution >= 4 is 0 Å². The summed E-state index contributed by atoms with van der Waals surface area (Å²) in [5.41, 5.74) is 2.43. The predicted molar refractivity (Wildman–Crippen MR) is 71.5 cm³/mol. The van der Waals surface area contributed by atoms with E-state index in [1.54, 1.807) is 5.57 Å². The maximum absolute atomic E-state index is 2.60. The van der Waals surface area contributed by atoms with E-state index in [0.717, 1.165) is 11.8 Å². The molecular weight excluding hydrogens is 192 g/mol. The molecule has 0 heteroatoms. The lowest BCUT2D eigenvalue weighted by atomic mass is 9.93. The minimum Gasteiger partial charge on any atom is -0.0848 e. The molecule has 0 amide bonds. The first-order chi connectivity index (χ1) is 7.62. The average Bonchev–Trinajstić information content (AvgIpc) is 2.96. The van der Waals surface area contributed by atoms with E-state index in [2.05, 4.69) is 26.8 Å². The summed E-state index contributed by atoms with van der Waals surface area (Å²) in [5, 5.41) is 0. The first-order valence-corrected chi connectivity index (χ1v) is 7.30. The largest absolute Gasteiger partial charge is 0.0848 e. The number of hydrogen-bond acceptors (Lipinski definition) is 0. The van der Waals surface area contributed by atoms with Crippen LogP contribution in [-0.2, 0) is 0 Å². The van der Waals surface area contributed by atoms with E-state index in [-0.39, 0.29) is 0 Å². The second-order valence-electron chi connectivity index (χ2n) is 6.69. The summed E-state index contributed by atoms with van der Waals surface area (Å²) in [7, 11) is 0. The highest BCUT2D eigenvalue weighted by Crippen LogP contribution is 2.58. The van der Waals surface area contributed by atoms with Gasteiger partial charge in [0.1, 0.15) is 0 Å². The molecule has 2 atom stereocenters. The van der Waals surface area contributed by atoms with Crippen molar-refractivity contribution in [3.8, 4) is 0 Å². The van der Waals surface area contributed by atoms with Crippen LogP contribution >= 0.6 is 0 Å². The minimum atomic E-state index is 0.660. The van der Waals surface area contributed by atoms with Crippen LogP contribution in [0.2, 0.25) is 0 Å². The van der Waals surface area contributed by atoms with Crippen LogP contribution in [0.25, 0.3) is 0 Å². The van der Waals surface area contributed by atoms with Gasteiger partial charge in [-0.25, -0.2) is 0 Å². The Labute approximate surface area is 102 Å². The van der Waals surface area contributed by atoms with Gasteiger partial charge in [-0.2, -0.15) is 0 Å². The highest BCUT2D eigenvalue weighted by Gasteiger charge is 2.50. The van der Waals surface area contributed by atoms with Crippen molar-refractivity contribution in [2.45, 2.75) is 72.1 Å². The molecule has 0 radical (unpaired) electrons. The van der Waals surface area contributed by atoms with Gasteiger partial charge in [-0.1, -0.05) is 45.3 Å². The van der Waals surface area contributed by atoms with Crippen molar-refractivity contribution in [3.05, 3.63) is 11.6 Å². The van der Waals surface area contributed by atoms with Crippen molar-refractivity contribution in [1.82, 2.24) is 0 Å². The maximum Gasteiger partial charge on any atom is -0.0257 e. The SMILES string of the molecule is CC(C)C1CC1(C)CC=C1CCCCCC1. The Morgan fingerprint density at radius 2 is 1.81 bits per heavy atom. The van der Waals surface area contributed by atoms with E-state index in [0.29, 0.717) is 5.41 Å². The van der Waals surface area contributed by atoms with E-state index in [1.807, 2.05) is 0 Å². The van der Waals surface area contributed by atoms with Gasteiger partial charge in [0.2, 0.25) is 0 Å². The molecule has 16 heavy (non-hydrogen) atoms. The molecule has 92 valence electrons. The number of allylic oxidation sites excluding steroid dienone is 2. The monoisotopic (exact) mass is 220 g/mol. The Bertz CT molecular complexity index is 251. The van der Waals surface area contributed by atoms with Gasteiger partial charge in [0.05, 0.1) is 0 Å². The average molecular weight is 220 g/mol. The van der Waals surface area contributed by atoms with Gasteiger partial charge in [-0.05, 0) is 55.8 Å². The van der Waals surface area contributed by atoms with Crippen LogP contribution in [0.15, 0.2) is 11.6 Å². The van der Waals surface area contributed by atoms with Gasteiger partial charge in [-0.3, -0.25) is 0 Å². The molecule has 0 N–H and O–H groups in total. The van der Waals surface area contributed by atoms with Crippen molar-refractivity contribution in [2.24, 2.45) is 17.3 Å². The second-order valence-corrected chi connectivity index (χ2v) is 6.69. The Balaban J connectivity index is 1.84. The van der Waals surface area contributed by atoms with Crippen molar-refractivity contribution in [2.75, 3.05) is 0 Å². The van der Waals surface area contributed by atoms with E-state index >= 15 is 0 Å². The van der Waals surface area contributed by atoms with Crippen LogP contribution < -0.4 is 0 Å². The molecule has 2 unspecified atom stereocenters. The van der Waals surface area contributed by atoms with E-state index in [4.69, 9.17) is 0 Å². The molecular formula is C16H28. The van der Waals surface area contributed by atoms with Gasteiger partial charge >= 0.3 is 0 Å². The molecule has 0 aromatic rings. The molecule has 0 saturated heterocycles. The second kappa shape index (κ2) is 4.94. The van der Waals surface area contributed by atoms with Crippen LogP contribution in [-0.4, -0.2) is 0 Å². The fraction of sp³-hybridized carbons (Fsp3) is 0.875. The zero-order chi connectivity index (χ0) is 11.6. The third-order valence-corrected chi connectivity index (χ3v) is 4.83. The molecule has 0 spiro atoms. The molecule has 2 aliphatic carbocycles. The van der Waals surface area contributed by atoms with Gasteiger partial charge < -0.3 is 0 Å². The molecule has 2 fully saturated rings. The summed E-state index contributed by atoms with van der Waals surface area (Å²) >= 11 is 0. The summed E-state index contributed by atoms with van der Waals surface area (Å²) in [5.74, 6) is 1.88. The lowest BCUT2D eigenvalue weighted by Crippen LogP contribution is -2.02. The first kappa shape index (κ1) is 12.2. The molecule has 2 rings (SSSR count). The Morgan fingerprint density at radius 3 is 2.31 bits per heavy atom. The zero-order valence-electron chi connectivity index (χ0n) is 11.4. The van der Waals surface area contributed by atoms with Gasteiger partial charge in [0.25, 0.3) is 0 Å². The fourth-order valence-electron chi connectivity index (χ4n) is 3.48. The summed E-state index contributed by atoms with van der Waals surface area (Å²) in [6.45, 7) is 7.26. The molecule has 0 bridgehead atoms. The summed E-state index contributed by atoms with van der Waals surface area (Å²) in [6.07, 6.45) is 14.0. The summed E-state index contributed by atoms with van der Waals surface area (Å²) < 4.78 is 0. The number of hydrogen-bond donors (Lipinski definition) is 0. The number of rotatable bonds is 3. The third-order valence-electron chi connectivity index (χ3n) is 4.83. The van der Waals surface area contributed by atoms with E-state index in [9.17, 15) is 0 Å². The zero-order valence-corrected chi connectivity index (χ0v) is 11.4. The Kier molecular flexibility index (Phi) is 3.77. The summed E-state index contributed by atoms with van der Waals surface area (Å²) in [4.78, 5) is 0. The minimum absolute atomic E-state index is 0.660. The first-order valence-electron chi connectivity index (χ1n) is 7.30. The lowest BCUT2D eigenvalue weighted by molar-refractivity contribution is 0.424. The van der Waals surface area contributed by atoms with Crippen molar-refractivity contribution in [1.29, 1.82) is 0 Å². The van der Waals surface area contributed by atoms with Crippen molar-refractivity contribution < 1.29 is 0 Å². The highest BCUT2D eigenvalue weighted by atomic mass is 14.5. The lowest BCUT2D eigenvalue weighted by Gasteiger charge is -2.12. The molecule has 0 aromatic heterocycles. The van der Waals surface area contributed by atoms with Gasteiger partial charge in [0.15, 0.2) is 0 Å². The maximum atomic E-state index is 2.60. The molecule has 0 heterocycles.